The number of esters is 5. The summed E-state index contributed by atoms with van der Waals surface area (Å²) in [6.07, 6.45) is -29.7. The SMILES string of the molecule is COC(=O)C1O[C@@H](OC(C)=O)C(OC(C)=O)[C@H](OCc2ccccc2)[C@@H]1O[C@H]1OC(COCc2ccccc2)[C@@H](O[C@@H]2OC(C(=O)OC)[C@@H](O[C@H]3OC(COCc4ccccc4)[C@H](OCc4ccc(OC)cc4)[C@@H](OCc4ccccc4)C3N=[N+]=[N-])[C@@H](OCc3ccccc3)C2OC(C)=O)[C@@H](OCc2ccccc2)C1N=[N+]=[N-]. The van der Waals surface area contributed by atoms with Gasteiger partial charge in [0.25, 0.3) is 0 Å². The van der Waals surface area contributed by atoms with Crippen molar-refractivity contribution in [3.8, 4) is 5.75 Å². The first kappa shape index (κ1) is 83.7. The summed E-state index contributed by atoms with van der Waals surface area (Å²) < 4.78 is 130. The van der Waals surface area contributed by atoms with E-state index in [-0.39, 0.29) is 52.9 Å². The van der Waals surface area contributed by atoms with Crippen molar-refractivity contribution >= 4 is 29.8 Å². The first-order valence-electron chi connectivity index (χ1n) is 36.6. The molecule has 113 heavy (non-hydrogen) atoms. The van der Waals surface area contributed by atoms with E-state index in [9.17, 15) is 30.2 Å². The molecule has 31 nitrogen and oxygen atoms in total. The Bertz CT molecular complexity index is 4220. The van der Waals surface area contributed by atoms with Crippen molar-refractivity contribution in [1.29, 1.82) is 0 Å². The lowest BCUT2D eigenvalue weighted by Crippen LogP contribution is -2.69. The minimum absolute atomic E-state index is 0.0104. The van der Waals surface area contributed by atoms with Gasteiger partial charge in [-0.3, -0.25) is 14.4 Å². The van der Waals surface area contributed by atoms with E-state index in [4.69, 9.17) is 94.7 Å². The van der Waals surface area contributed by atoms with Gasteiger partial charge in [0.1, 0.15) is 78.9 Å². The van der Waals surface area contributed by atoms with Crippen LogP contribution >= 0.6 is 0 Å². The van der Waals surface area contributed by atoms with Crippen molar-refractivity contribution in [2.75, 3.05) is 34.5 Å². The van der Waals surface area contributed by atoms with Crippen molar-refractivity contribution in [2.45, 2.75) is 190 Å². The van der Waals surface area contributed by atoms with E-state index < -0.39 is 159 Å². The molecule has 7 aromatic carbocycles. The average Bonchev–Trinajstić information content (AvgIpc) is 0.745. The summed E-state index contributed by atoms with van der Waals surface area (Å²) >= 11 is 0. The van der Waals surface area contributed by atoms with Crippen LogP contribution in [-0.2, 0) is 160 Å². The third-order valence-electron chi connectivity index (χ3n) is 18.7. The summed E-state index contributed by atoms with van der Waals surface area (Å²) in [6.45, 7) is 1.97. The smallest absolute Gasteiger partial charge is 0.338 e. The van der Waals surface area contributed by atoms with Crippen molar-refractivity contribution < 1.29 is 119 Å². The highest BCUT2D eigenvalue weighted by Gasteiger charge is 2.61. The minimum Gasteiger partial charge on any atom is -0.497 e. The van der Waals surface area contributed by atoms with Crippen LogP contribution in [0.5, 0.6) is 5.75 Å². The van der Waals surface area contributed by atoms with Crippen molar-refractivity contribution in [1.82, 2.24) is 0 Å². The highest BCUT2D eigenvalue weighted by atomic mass is 16.8. The molecule has 0 spiro atoms. The second-order valence-corrected chi connectivity index (χ2v) is 26.6. The van der Waals surface area contributed by atoms with Crippen LogP contribution in [0.25, 0.3) is 20.9 Å². The minimum atomic E-state index is -1.98. The van der Waals surface area contributed by atoms with E-state index in [1.54, 1.807) is 110 Å². The molecule has 0 bridgehead atoms. The first-order chi connectivity index (χ1) is 55.1. The van der Waals surface area contributed by atoms with Gasteiger partial charge < -0.3 is 94.7 Å². The number of carbonyl (C=O) groups excluding carboxylic acids is 5. The fourth-order valence-corrected chi connectivity index (χ4v) is 13.5. The zero-order valence-corrected chi connectivity index (χ0v) is 62.9. The Balaban J connectivity index is 1.02. The fourth-order valence-electron chi connectivity index (χ4n) is 13.5. The molecule has 4 fully saturated rings. The van der Waals surface area contributed by atoms with Crippen molar-refractivity contribution in [3.05, 3.63) is 266 Å². The van der Waals surface area contributed by atoms with Crippen molar-refractivity contribution in [2.24, 2.45) is 10.2 Å². The van der Waals surface area contributed by atoms with E-state index in [2.05, 4.69) is 20.1 Å². The monoisotopic (exact) mass is 1560 g/mol. The number of rotatable bonds is 37. The second-order valence-electron chi connectivity index (χ2n) is 26.6. The summed E-state index contributed by atoms with van der Waals surface area (Å²) in [5.41, 5.74) is 26.3. The van der Waals surface area contributed by atoms with Crippen LogP contribution < -0.4 is 4.74 Å². The number of nitrogens with zero attached hydrogens (tertiary/aromatic N) is 6. The number of hydrogen-bond donors (Lipinski definition) is 0. The molecule has 7 aromatic rings. The van der Waals surface area contributed by atoms with Crippen LogP contribution in [0.3, 0.4) is 0 Å². The van der Waals surface area contributed by atoms with Gasteiger partial charge in [-0.15, -0.1) is 0 Å². The van der Waals surface area contributed by atoms with E-state index in [0.29, 0.717) is 28.0 Å². The molecule has 0 amide bonds. The largest absolute Gasteiger partial charge is 0.497 e. The molecule has 20 atom stereocenters. The van der Waals surface area contributed by atoms with Gasteiger partial charge >= 0.3 is 29.8 Å². The van der Waals surface area contributed by atoms with Crippen LogP contribution in [-0.4, -0.2) is 187 Å². The Morgan fingerprint density at radius 3 is 1.00 bits per heavy atom. The molecule has 0 aromatic heterocycles. The fraction of sp³-hybridized carbons (Fsp3) is 0.427. The van der Waals surface area contributed by atoms with Gasteiger partial charge in [0, 0.05) is 30.6 Å². The zero-order valence-electron chi connectivity index (χ0n) is 62.9. The van der Waals surface area contributed by atoms with Crippen LogP contribution in [0.2, 0.25) is 0 Å². The molecule has 4 aliphatic heterocycles. The lowest BCUT2D eigenvalue weighted by molar-refractivity contribution is -0.377. The average molecular weight is 1560 g/mol. The molecule has 598 valence electrons. The molecular formula is C82H90N6O25. The summed E-state index contributed by atoms with van der Waals surface area (Å²) in [4.78, 5) is 76.2. The van der Waals surface area contributed by atoms with Crippen LogP contribution in [0.1, 0.15) is 59.7 Å². The number of azide groups is 2. The van der Waals surface area contributed by atoms with Crippen LogP contribution in [0.4, 0.5) is 0 Å². The number of benzene rings is 7. The molecule has 4 saturated heterocycles. The Kier molecular flexibility index (Phi) is 31.5. The number of carbonyl (C=O) groups is 5. The van der Waals surface area contributed by atoms with Gasteiger partial charge in [-0.05, 0) is 62.1 Å². The zero-order chi connectivity index (χ0) is 79.4. The number of ether oxygens (including phenoxy) is 20. The van der Waals surface area contributed by atoms with Gasteiger partial charge in [0.05, 0.1) is 80.8 Å². The predicted octanol–water partition coefficient (Wildman–Crippen LogP) is 10.5. The lowest BCUT2D eigenvalue weighted by Gasteiger charge is -2.51. The topological polar surface area (TPSA) is 367 Å². The highest BCUT2D eigenvalue weighted by Crippen LogP contribution is 2.41. The van der Waals surface area contributed by atoms with Gasteiger partial charge in [-0.25, -0.2) is 9.59 Å². The summed E-state index contributed by atoms with van der Waals surface area (Å²) in [6, 6.07) is 58.3. The number of hydrogen-bond acceptors (Lipinski definition) is 27. The molecule has 11 rings (SSSR count). The number of methoxy groups -OCH3 is 3. The van der Waals surface area contributed by atoms with E-state index >= 15 is 4.79 Å². The second kappa shape index (κ2) is 42.6. The molecule has 0 saturated carbocycles. The molecule has 0 N–H and O–H groups in total. The molecular weight excluding hydrogens is 1470 g/mol. The maximum absolute atomic E-state index is 15.1. The highest BCUT2D eigenvalue weighted by molar-refractivity contribution is 5.76. The molecule has 31 heteroatoms. The van der Waals surface area contributed by atoms with Gasteiger partial charge in [0.2, 0.25) is 6.29 Å². The lowest BCUT2D eigenvalue weighted by atomic mass is 9.93. The molecule has 4 heterocycles. The third kappa shape index (κ3) is 23.2. The third-order valence-corrected chi connectivity index (χ3v) is 18.7. The van der Waals surface area contributed by atoms with Gasteiger partial charge in [-0.2, -0.15) is 0 Å². The maximum atomic E-state index is 15.1. The normalized spacial score (nSPS) is 27.4. The summed E-state index contributed by atoms with van der Waals surface area (Å²) in [5, 5.41) is 8.60. The summed E-state index contributed by atoms with van der Waals surface area (Å²) in [5.74, 6) is -4.24. The van der Waals surface area contributed by atoms with Crippen molar-refractivity contribution in [3.63, 3.8) is 0 Å². The van der Waals surface area contributed by atoms with Gasteiger partial charge in [0.15, 0.2) is 43.3 Å². The standard InChI is InChI=1S/C82H90N6O25/c1-50(89)104-75-69(102-45-57-33-21-11-22-34-57)71(73(77(92)95-5)112-81(75)106-52(3)91)111-80-64(86-88-84)68(101-44-56-31-19-10-20-32-56)66(62(108-80)49-98-42-54-27-15-8-16-28-54)109-82-76(105-51(2)90)70(103-46-58-35-23-12-24-36-58)72(74(113-82)78(93)96-6)110-79-63(85-87-83)67(100-43-55-29-17-9-18-30-55)65(99-47-59-37-39-60(94-4)40-38-59)61(107-79)48-97-41-53-25-13-7-14-26-53/h7-40,61-76,79-82H,41-49H2,1-6H3/t61?,62?,63?,64?,65-,66+,67-,68-,69+,70+,71-,72-,73?,74?,75?,76?,79+,80+,81+,82+/m0/s1. The van der Waals surface area contributed by atoms with Crippen LogP contribution in [0.15, 0.2) is 216 Å². The molecule has 0 aliphatic carbocycles. The maximum Gasteiger partial charge on any atom is 0.338 e. The van der Waals surface area contributed by atoms with E-state index in [1.165, 1.54) is 0 Å². The van der Waals surface area contributed by atoms with Gasteiger partial charge in [-0.1, -0.05) is 204 Å². The summed E-state index contributed by atoms with van der Waals surface area (Å²) in [7, 11) is 3.73. The van der Waals surface area contributed by atoms with E-state index in [1.807, 2.05) is 103 Å². The molecule has 8 unspecified atom stereocenters. The Hall–Kier alpha value is -10.2. The van der Waals surface area contributed by atoms with E-state index in [0.717, 1.165) is 51.7 Å². The molecule has 4 aliphatic rings. The predicted molar refractivity (Wildman–Crippen MR) is 396 cm³/mol. The Labute approximate surface area is 652 Å². The Morgan fingerprint density at radius 2 is 0.646 bits per heavy atom. The quantitative estimate of drug-likeness (QED) is 0.0115. The molecule has 0 radical (unpaired) electrons. The first-order valence-corrected chi connectivity index (χ1v) is 36.6. The Morgan fingerprint density at radius 1 is 0.336 bits per heavy atom. The van der Waals surface area contributed by atoms with Crippen LogP contribution in [0, 0.1) is 0 Å².